The molecule has 0 unspecified atom stereocenters. The standard InChI is InChI=1S/C21H28N4O3S.H2S/c22-17(26)11-13-1-6-16-18(13)19-20(23-12-24-21(19)29-16)28-15-4-2-14(3-5-15)25-7-9-27-10-8-25;/h12-15H,1-11H2,(H2,22,26);1H2/t13-,14?,15?;/m1./s1/i1D2,6D2;. The smallest absolute Gasteiger partial charge is 0.225 e. The number of morpholine rings is 1. The monoisotopic (exact) mass is 454 g/mol. The Labute approximate surface area is 193 Å². The summed E-state index contributed by atoms with van der Waals surface area (Å²) in [5.41, 5.74) is 5.85. The molecule has 2 aliphatic carbocycles. The summed E-state index contributed by atoms with van der Waals surface area (Å²) in [6.45, 7) is 3.50. The highest BCUT2D eigenvalue weighted by Crippen LogP contribution is 2.47. The van der Waals surface area contributed by atoms with E-state index in [1.54, 1.807) is 0 Å². The molecule has 1 amide bonds. The molecule has 9 heteroatoms. The van der Waals surface area contributed by atoms with Gasteiger partial charge < -0.3 is 15.2 Å². The second-order valence-corrected chi connectivity index (χ2v) is 8.89. The van der Waals surface area contributed by atoms with Crippen LogP contribution in [0.15, 0.2) is 6.33 Å². The first-order valence-corrected chi connectivity index (χ1v) is 11.1. The molecule has 2 fully saturated rings. The van der Waals surface area contributed by atoms with E-state index in [0.717, 1.165) is 63.3 Å². The molecule has 2 aromatic rings. The molecule has 0 spiro atoms. The molecule has 1 atom stereocenters. The van der Waals surface area contributed by atoms with E-state index in [0.29, 0.717) is 27.7 Å². The lowest BCUT2D eigenvalue weighted by Crippen LogP contribution is -2.46. The summed E-state index contributed by atoms with van der Waals surface area (Å²) < 4.78 is 45.6. The third kappa shape index (κ3) is 4.30. The minimum Gasteiger partial charge on any atom is -0.474 e. The quantitative estimate of drug-likeness (QED) is 0.747. The molecule has 0 aromatic carbocycles. The van der Waals surface area contributed by atoms with Crippen molar-refractivity contribution in [1.82, 2.24) is 14.9 Å². The predicted octanol–water partition coefficient (Wildman–Crippen LogP) is 2.73. The first kappa shape index (κ1) is 17.2. The Bertz CT molecular complexity index is 1060. The van der Waals surface area contributed by atoms with Gasteiger partial charge in [-0.05, 0) is 49.9 Å². The molecular weight excluding hydrogens is 420 g/mol. The maximum Gasteiger partial charge on any atom is 0.225 e. The van der Waals surface area contributed by atoms with Crippen molar-refractivity contribution < 1.29 is 19.8 Å². The van der Waals surface area contributed by atoms with Gasteiger partial charge >= 0.3 is 0 Å². The molecular formula is C21H30N4O3S2. The summed E-state index contributed by atoms with van der Waals surface area (Å²) >= 11 is 1.11. The Morgan fingerprint density at radius 1 is 1.30 bits per heavy atom. The maximum absolute atomic E-state index is 11.7. The van der Waals surface area contributed by atoms with Crippen LogP contribution in [0, 0.1) is 0 Å². The SMILES string of the molecule is S.[2H]C1([2H])c2sc3ncnc(OC4CCC(N5CCOCC5)CC4)c3c2[C@@H](CC(N)=O)C1([2H])[2H]. The van der Waals surface area contributed by atoms with Crippen molar-refractivity contribution in [3.05, 3.63) is 16.8 Å². The molecule has 2 N–H and O–H groups in total. The van der Waals surface area contributed by atoms with Crippen LogP contribution in [0.4, 0.5) is 0 Å². The van der Waals surface area contributed by atoms with Crippen molar-refractivity contribution in [2.24, 2.45) is 5.73 Å². The van der Waals surface area contributed by atoms with Crippen LogP contribution >= 0.6 is 24.8 Å². The van der Waals surface area contributed by atoms with Gasteiger partial charge in [0.1, 0.15) is 17.3 Å². The lowest BCUT2D eigenvalue weighted by molar-refractivity contribution is -0.118. The Morgan fingerprint density at radius 3 is 2.80 bits per heavy atom. The summed E-state index contributed by atoms with van der Waals surface area (Å²) in [4.78, 5) is 23.7. The van der Waals surface area contributed by atoms with Gasteiger partial charge in [-0.3, -0.25) is 9.69 Å². The van der Waals surface area contributed by atoms with Gasteiger partial charge in [-0.25, -0.2) is 9.97 Å². The second kappa shape index (κ2) is 9.38. The van der Waals surface area contributed by atoms with Gasteiger partial charge in [-0.1, -0.05) is 0 Å². The van der Waals surface area contributed by atoms with E-state index >= 15 is 0 Å². The van der Waals surface area contributed by atoms with Crippen LogP contribution in [-0.4, -0.2) is 59.2 Å². The number of fused-ring (bicyclic) bond motifs is 3. The van der Waals surface area contributed by atoms with Crippen molar-refractivity contribution >= 4 is 41.0 Å². The van der Waals surface area contributed by atoms with Crippen molar-refractivity contribution in [3.8, 4) is 5.88 Å². The molecule has 164 valence electrons. The number of carbonyl (C=O) groups excluding carboxylic acids is 1. The van der Waals surface area contributed by atoms with Crippen molar-refractivity contribution in [3.63, 3.8) is 0 Å². The van der Waals surface area contributed by atoms with Crippen molar-refractivity contribution in [2.45, 2.75) is 62.9 Å². The molecule has 30 heavy (non-hydrogen) atoms. The number of rotatable bonds is 5. The van der Waals surface area contributed by atoms with E-state index in [9.17, 15) is 4.79 Å². The van der Waals surface area contributed by atoms with Crippen molar-refractivity contribution in [2.75, 3.05) is 26.3 Å². The highest BCUT2D eigenvalue weighted by molar-refractivity contribution is 7.59. The van der Waals surface area contributed by atoms with Gasteiger partial charge in [0.15, 0.2) is 0 Å². The zero-order valence-electron chi connectivity index (χ0n) is 20.7. The zero-order chi connectivity index (χ0) is 23.4. The Kier molecular flexibility index (Phi) is 5.37. The summed E-state index contributed by atoms with van der Waals surface area (Å²) in [6.07, 6.45) is 0.354. The molecule has 7 nitrogen and oxygen atoms in total. The second-order valence-electron chi connectivity index (χ2n) is 7.89. The van der Waals surface area contributed by atoms with E-state index in [4.69, 9.17) is 20.7 Å². The fraction of sp³-hybridized carbons (Fsp3) is 0.667. The molecule has 5 rings (SSSR count). The molecule has 0 radical (unpaired) electrons. The molecule has 1 saturated heterocycles. The zero-order valence-corrected chi connectivity index (χ0v) is 18.5. The molecule has 1 aliphatic heterocycles. The van der Waals surface area contributed by atoms with Crippen LogP contribution < -0.4 is 10.5 Å². The first-order chi connectivity index (χ1) is 15.7. The fourth-order valence-electron chi connectivity index (χ4n) is 4.65. The highest BCUT2D eigenvalue weighted by Gasteiger charge is 2.33. The van der Waals surface area contributed by atoms with E-state index in [2.05, 4.69) is 14.9 Å². The van der Waals surface area contributed by atoms with E-state index in [-0.39, 0.29) is 30.9 Å². The number of primary amides is 1. The average Bonchev–Trinajstić information content (AvgIpc) is 3.24. The average molecular weight is 455 g/mol. The maximum atomic E-state index is 11.7. The first-order valence-electron chi connectivity index (χ1n) is 12.2. The van der Waals surface area contributed by atoms with Gasteiger partial charge in [0.2, 0.25) is 11.8 Å². The van der Waals surface area contributed by atoms with Crippen molar-refractivity contribution in [1.29, 1.82) is 0 Å². The normalized spacial score (nSPS) is 32.2. The number of aromatic nitrogens is 2. The molecule has 0 bridgehead atoms. The van der Waals surface area contributed by atoms with Crippen LogP contribution in [0.2, 0.25) is 0 Å². The largest absolute Gasteiger partial charge is 0.474 e. The minimum atomic E-state index is -2.28. The summed E-state index contributed by atoms with van der Waals surface area (Å²) in [5.74, 6) is -1.35. The van der Waals surface area contributed by atoms with Gasteiger partial charge in [0.25, 0.3) is 0 Å². The van der Waals surface area contributed by atoms with E-state index < -0.39 is 24.6 Å². The number of nitrogens with two attached hydrogens (primary N) is 1. The lowest BCUT2D eigenvalue weighted by atomic mass is 9.91. The van der Waals surface area contributed by atoms with Crippen LogP contribution in [0.1, 0.15) is 60.3 Å². The third-order valence-electron chi connectivity index (χ3n) is 6.09. The van der Waals surface area contributed by atoms with E-state index in [1.807, 2.05) is 0 Å². The predicted molar refractivity (Wildman–Crippen MR) is 122 cm³/mol. The summed E-state index contributed by atoms with van der Waals surface area (Å²) in [6, 6.07) is 0.531. The fourth-order valence-corrected chi connectivity index (χ4v) is 5.71. The van der Waals surface area contributed by atoms with Gasteiger partial charge in [0.05, 0.1) is 18.6 Å². The van der Waals surface area contributed by atoms with Crippen LogP contribution in [0.5, 0.6) is 5.88 Å². The topological polar surface area (TPSA) is 90.6 Å². The minimum absolute atomic E-state index is 0. The van der Waals surface area contributed by atoms with Crippen LogP contribution in [-0.2, 0) is 15.9 Å². The number of hydrogen-bond donors (Lipinski definition) is 1. The molecule has 1 saturated carbocycles. The number of aryl methyl sites for hydroxylation is 1. The highest BCUT2D eigenvalue weighted by atomic mass is 32.1. The lowest BCUT2D eigenvalue weighted by Gasteiger charge is -2.38. The van der Waals surface area contributed by atoms with Gasteiger partial charge in [-0.2, -0.15) is 13.5 Å². The molecule has 3 heterocycles. The number of hydrogen-bond acceptors (Lipinski definition) is 7. The number of ether oxygens (including phenoxy) is 2. The molecule has 3 aliphatic rings. The Balaban J connectivity index is 0.00000274. The van der Waals surface area contributed by atoms with Gasteiger partial charge in [-0.15, -0.1) is 11.3 Å². The summed E-state index contributed by atoms with van der Waals surface area (Å²) in [5, 5.41) is 0.518. The summed E-state index contributed by atoms with van der Waals surface area (Å²) in [7, 11) is 0. The Morgan fingerprint density at radius 2 is 2.07 bits per heavy atom. The van der Waals surface area contributed by atoms with Gasteiger partial charge in [0, 0.05) is 35.9 Å². The van der Waals surface area contributed by atoms with Crippen LogP contribution in [0.3, 0.4) is 0 Å². The van der Waals surface area contributed by atoms with E-state index in [1.165, 1.54) is 6.33 Å². The molecule has 2 aromatic heterocycles. The van der Waals surface area contributed by atoms with Crippen LogP contribution in [0.25, 0.3) is 10.2 Å². The number of thiophene rings is 1. The number of nitrogens with zero attached hydrogens (tertiary/aromatic N) is 3. The number of amides is 1. The number of carbonyl (C=O) groups is 1. The Hall–Kier alpha value is -1.42. The third-order valence-corrected chi connectivity index (χ3v) is 7.12.